The lowest BCUT2D eigenvalue weighted by molar-refractivity contribution is 0.256. The number of likely N-dealkylation sites (tertiary alicyclic amines) is 1. The van der Waals surface area contributed by atoms with Gasteiger partial charge in [0.1, 0.15) is 4.99 Å². The molecule has 0 unspecified atom stereocenters. The van der Waals surface area contributed by atoms with E-state index in [9.17, 15) is 0 Å². The summed E-state index contributed by atoms with van der Waals surface area (Å²) < 4.78 is 0. The van der Waals surface area contributed by atoms with Gasteiger partial charge in [0.15, 0.2) is 0 Å². The van der Waals surface area contributed by atoms with Gasteiger partial charge in [-0.1, -0.05) is 26.1 Å². The SMILES string of the molecule is CC1(C)CCCN(Cc2ccnc(C(N)=S)c2)CC1. The van der Waals surface area contributed by atoms with Crippen LogP contribution >= 0.6 is 12.2 Å². The first kappa shape index (κ1) is 14.4. The Labute approximate surface area is 121 Å². The van der Waals surface area contributed by atoms with Crippen LogP contribution in [0.25, 0.3) is 0 Å². The zero-order valence-corrected chi connectivity index (χ0v) is 12.7. The van der Waals surface area contributed by atoms with Crippen molar-refractivity contribution in [2.24, 2.45) is 11.1 Å². The van der Waals surface area contributed by atoms with Crippen molar-refractivity contribution >= 4 is 17.2 Å². The third-order valence-electron chi connectivity index (χ3n) is 3.92. The first-order valence-corrected chi connectivity index (χ1v) is 7.34. The van der Waals surface area contributed by atoms with Crippen molar-refractivity contribution in [1.82, 2.24) is 9.88 Å². The number of pyridine rings is 1. The minimum atomic E-state index is 0.374. The van der Waals surface area contributed by atoms with Crippen molar-refractivity contribution in [2.45, 2.75) is 39.7 Å². The highest BCUT2D eigenvalue weighted by molar-refractivity contribution is 7.80. The van der Waals surface area contributed by atoms with Gasteiger partial charge in [0, 0.05) is 12.7 Å². The van der Waals surface area contributed by atoms with Crippen molar-refractivity contribution < 1.29 is 0 Å². The summed E-state index contributed by atoms with van der Waals surface area (Å²) in [7, 11) is 0. The number of nitrogens with zero attached hydrogens (tertiary/aromatic N) is 2. The van der Waals surface area contributed by atoms with E-state index < -0.39 is 0 Å². The molecule has 0 aliphatic carbocycles. The quantitative estimate of drug-likeness (QED) is 0.863. The van der Waals surface area contributed by atoms with Gasteiger partial charge in [-0.3, -0.25) is 9.88 Å². The molecule has 0 aromatic carbocycles. The second kappa shape index (κ2) is 5.97. The van der Waals surface area contributed by atoms with Crippen molar-refractivity contribution in [3.8, 4) is 0 Å². The lowest BCUT2D eigenvalue weighted by Crippen LogP contribution is -2.25. The Morgan fingerprint density at radius 1 is 1.42 bits per heavy atom. The molecule has 104 valence electrons. The number of thiocarbonyl (C=S) groups is 1. The van der Waals surface area contributed by atoms with Crippen LogP contribution in [0.2, 0.25) is 0 Å². The Bertz CT molecular complexity index is 456. The highest BCUT2D eigenvalue weighted by atomic mass is 32.1. The predicted molar refractivity (Wildman–Crippen MR) is 83.0 cm³/mol. The Hall–Kier alpha value is -1.00. The van der Waals surface area contributed by atoms with Crippen LogP contribution in [0.1, 0.15) is 44.4 Å². The number of aromatic nitrogens is 1. The number of hydrogen-bond donors (Lipinski definition) is 1. The van der Waals surface area contributed by atoms with Crippen molar-refractivity contribution in [2.75, 3.05) is 13.1 Å². The van der Waals surface area contributed by atoms with E-state index in [1.807, 2.05) is 6.07 Å². The van der Waals surface area contributed by atoms with Crippen LogP contribution in [0.4, 0.5) is 0 Å². The topological polar surface area (TPSA) is 42.2 Å². The molecule has 0 bridgehead atoms. The molecule has 1 aromatic heterocycles. The Kier molecular flexibility index (Phi) is 4.53. The fourth-order valence-corrected chi connectivity index (χ4v) is 2.71. The molecule has 2 heterocycles. The van der Waals surface area contributed by atoms with Gasteiger partial charge >= 0.3 is 0 Å². The molecule has 19 heavy (non-hydrogen) atoms. The van der Waals surface area contributed by atoms with Crippen LogP contribution in [0.15, 0.2) is 18.3 Å². The maximum absolute atomic E-state index is 5.63. The van der Waals surface area contributed by atoms with Crippen LogP contribution in [0.5, 0.6) is 0 Å². The molecule has 4 heteroatoms. The maximum Gasteiger partial charge on any atom is 0.122 e. The second-order valence-electron chi connectivity index (χ2n) is 6.21. The maximum atomic E-state index is 5.63. The normalized spacial score (nSPS) is 19.9. The standard InChI is InChI=1S/C15H23N3S/c1-15(2)5-3-8-18(9-6-15)11-12-4-7-17-13(10-12)14(16)19/h4,7,10H,3,5-6,8-9,11H2,1-2H3,(H2,16,19). The van der Waals surface area contributed by atoms with Crippen LogP contribution < -0.4 is 5.73 Å². The largest absolute Gasteiger partial charge is 0.388 e. The number of nitrogens with two attached hydrogens (primary N) is 1. The highest BCUT2D eigenvalue weighted by Gasteiger charge is 2.22. The fraction of sp³-hybridized carbons (Fsp3) is 0.600. The molecule has 1 aromatic rings. The van der Waals surface area contributed by atoms with E-state index in [-0.39, 0.29) is 0 Å². The fourth-order valence-electron chi connectivity index (χ4n) is 2.60. The van der Waals surface area contributed by atoms with Gasteiger partial charge in [-0.05, 0) is 55.5 Å². The molecule has 0 atom stereocenters. The molecule has 0 radical (unpaired) electrons. The van der Waals surface area contributed by atoms with E-state index in [4.69, 9.17) is 18.0 Å². The van der Waals surface area contributed by atoms with Crippen LogP contribution in [0, 0.1) is 5.41 Å². The molecule has 1 aliphatic rings. The Balaban J connectivity index is 2.01. The third-order valence-corrected chi connectivity index (χ3v) is 4.12. The molecule has 3 nitrogen and oxygen atoms in total. The van der Waals surface area contributed by atoms with Crippen LogP contribution in [0.3, 0.4) is 0 Å². The summed E-state index contributed by atoms with van der Waals surface area (Å²) in [5.41, 5.74) is 8.09. The monoisotopic (exact) mass is 277 g/mol. The van der Waals surface area contributed by atoms with E-state index in [1.165, 1.54) is 31.4 Å². The minimum absolute atomic E-state index is 0.374. The minimum Gasteiger partial charge on any atom is -0.388 e. The number of rotatable bonds is 3. The molecular weight excluding hydrogens is 254 g/mol. The molecule has 0 spiro atoms. The molecule has 1 fully saturated rings. The van der Waals surface area contributed by atoms with Gasteiger partial charge in [-0.25, -0.2) is 0 Å². The van der Waals surface area contributed by atoms with Gasteiger partial charge in [-0.2, -0.15) is 0 Å². The van der Waals surface area contributed by atoms with E-state index >= 15 is 0 Å². The zero-order valence-electron chi connectivity index (χ0n) is 11.9. The van der Waals surface area contributed by atoms with E-state index in [0.717, 1.165) is 18.8 Å². The Morgan fingerprint density at radius 3 is 2.95 bits per heavy atom. The summed E-state index contributed by atoms with van der Waals surface area (Å²) in [6.45, 7) is 8.04. The van der Waals surface area contributed by atoms with E-state index in [1.54, 1.807) is 6.20 Å². The lowest BCUT2D eigenvalue weighted by atomic mass is 9.85. The third kappa shape index (κ3) is 4.25. The highest BCUT2D eigenvalue weighted by Crippen LogP contribution is 2.30. The van der Waals surface area contributed by atoms with Crippen LogP contribution in [-0.2, 0) is 6.54 Å². The predicted octanol–water partition coefficient (Wildman–Crippen LogP) is 2.73. The lowest BCUT2D eigenvalue weighted by Gasteiger charge is -2.23. The summed E-state index contributed by atoms with van der Waals surface area (Å²) in [5.74, 6) is 0. The van der Waals surface area contributed by atoms with Crippen molar-refractivity contribution in [1.29, 1.82) is 0 Å². The molecule has 0 amide bonds. The first-order valence-electron chi connectivity index (χ1n) is 6.93. The first-order chi connectivity index (χ1) is 8.96. The van der Waals surface area contributed by atoms with E-state index in [2.05, 4.69) is 29.8 Å². The van der Waals surface area contributed by atoms with Gasteiger partial charge in [0.2, 0.25) is 0 Å². The molecule has 2 N–H and O–H groups in total. The summed E-state index contributed by atoms with van der Waals surface area (Å²) >= 11 is 4.98. The summed E-state index contributed by atoms with van der Waals surface area (Å²) in [5, 5.41) is 0. The van der Waals surface area contributed by atoms with Gasteiger partial charge in [-0.15, -0.1) is 0 Å². The van der Waals surface area contributed by atoms with Crippen molar-refractivity contribution in [3.05, 3.63) is 29.6 Å². The van der Waals surface area contributed by atoms with Crippen LogP contribution in [-0.4, -0.2) is 28.0 Å². The molecule has 0 saturated carbocycles. The van der Waals surface area contributed by atoms with Gasteiger partial charge < -0.3 is 5.73 Å². The average molecular weight is 277 g/mol. The summed E-state index contributed by atoms with van der Waals surface area (Å²) in [6.07, 6.45) is 5.66. The Morgan fingerprint density at radius 2 is 2.21 bits per heavy atom. The molecule has 2 rings (SSSR count). The summed E-state index contributed by atoms with van der Waals surface area (Å²) in [6, 6.07) is 4.07. The second-order valence-corrected chi connectivity index (χ2v) is 6.65. The molecule has 1 saturated heterocycles. The average Bonchev–Trinajstić information content (AvgIpc) is 2.51. The van der Waals surface area contributed by atoms with E-state index in [0.29, 0.717) is 10.4 Å². The van der Waals surface area contributed by atoms with Gasteiger partial charge in [0.05, 0.1) is 5.69 Å². The smallest absolute Gasteiger partial charge is 0.122 e. The summed E-state index contributed by atoms with van der Waals surface area (Å²) in [4.78, 5) is 7.08. The van der Waals surface area contributed by atoms with Crippen molar-refractivity contribution in [3.63, 3.8) is 0 Å². The number of hydrogen-bond acceptors (Lipinski definition) is 3. The molecular formula is C15H23N3S. The van der Waals surface area contributed by atoms with Gasteiger partial charge in [0.25, 0.3) is 0 Å². The molecule has 1 aliphatic heterocycles. The zero-order chi connectivity index (χ0) is 13.9.